The first kappa shape index (κ1) is 15.2. The molecule has 0 atom stereocenters. The lowest BCUT2D eigenvalue weighted by atomic mass is 10.2. The fourth-order valence-corrected chi connectivity index (χ4v) is 2.62. The van der Waals surface area contributed by atoms with E-state index in [0.717, 1.165) is 0 Å². The Morgan fingerprint density at radius 1 is 1.24 bits per heavy atom. The molecule has 25 heavy (non-hydrogen) atoms. The second kappa shape index (κ2) is 5.91. The van der Waals surface area contributed by atoms with Gasteiger partial charge in [0.05, 0.1) is 22.4 Å². The summed E-state index contributed by atoms with van der Waals surface area (Å²) in [6.45, 7) is 0. The Labute approximate surface area is 146 Å². The van der Waals surface area contributed by atoms with E-state index in [0.29, 0.717) is 27.4 Å². The Balaban J connectivity index is 1.60. The molecule has 4 rings (SSSR count). The molecule has 0 aliphatic heterocycles. The predicted molar refractivity (Wildman–Crippen MR) is 92.1 cm³/mol. The van der Waals surface area contributed by atoms with Crippen LogP contribution in [0.1, 0.15) is 10.5 Å². The Morgan fingerprint density at radius 3 is 2.92 bits per heavy atom. The highest BCUT2D eigenvalue weighted by Crippen LogP contribution is 2.24. The number of hydrogen-bond donors (Lipinski definition) is 3. The molecule has 2 aromatic heterocycles. The number of phenolic OH excluding ortho intramolecular Hbond substituents is 1. The van der Waals surface area contributed by atoms with Crippen LogP contribution in [0.5, 0.6) is 5.75 Å². The number of anilines is 1. The zero-order valence-corrected chi connectivity index (χ0v) is 13.4. The van der Waals surface area contributed by atoms with Crippen molar-refractivity contribution in [2.45, 2.75) is 0 Å². The van der Waals surface area contributed by atoms with Crippen molar-refractivity contribution in [1.82, 2.24) is 25.2 Å². The number of nitrogens with one attached hydrogen (secondary N) is 2. The van der Waals surface area contributed by atoms with Crippen LogP contribution in [0.4, 0.5) is 5.82 Å². The monoisotopic (exact) mass is 354 g/mol. The molecule has 0 radical (unpaired) electrons. The Kier molecular flexibility index (Phi) is 3.58. The van der Waals surface area contributed by atoms with Crippen LogP contribution in [-0.2, 0) is 0 Å². The third-order valence-corrected chi connectivity index (χ3v) is 3.92. The van der Waals surface area contributed by atoms with Crippen LogP contribution >= 0.6 is 11.6 Å². The first-order valence-corrected chi connectivity index (χ1v) is 7.65. The largest absolute Gasteiger partial charge is 0.508 e. The first-order valence-electron chi connectivity index (χ1n) is 7.27. The standard InChI is InChI=1S/C16H11ClN6O2/c17-11-3-1-2-4-14(11)23-8-13(20-22-23)16(25)18-15-10-6-5-9(24)7-12(10)19-21-15/h1-8,24H,(H2,18,19,21,25). The van der Waals surface area contributed by atoms with Gasteiger partial charge in [0.15, 0.2) is 11.5 Å². The number of carbonyl (C=O) groups excluding carboxylic acids is 1. The number of para-hydroxylation sites is 1. The van der Waals surface area contributed by atoms with Crippen molar-refractivity contribution in [2.24, 2.45) is 0 Å². The summed E-state index contributed by atoms with van der Waals surface area (Å²) >= 11 is 6.12. The van der Waals surface area contributed by atoms with Gasteiger partial charge in [0.1, 0.15) is 5.75 Å². The molecule has 124 valence electrons. The molecule has 1 amide bonds. The maximum Gasteiger partial charge on any atom is 0.279 e. The number of aromatic hydroxyl groups is 1. The quantitative estimate of drug-likeness (QED) is 0.524. The van der Waals surface area contributed by atoms with E-state index >= 15 is 0 Å². The van der Waals surface area contributed by atoms with Gasteiger partial charge in [-0.3, -0.25) is 9.89 Å². The Hall–Kier alpha value is -3.39. The highest BCUT2D eigenvalue weighted by molar-refractivity contribution is 6.32. The molecule has 0 saturated heterocycles. The van der Waals surface area contributed by atoms with E-state index in [1.807, 2.05) is 6.07 Å². The van der Waals surface area contributed by atoms with Gasteiger partial charge in [-0.05, 0) is 24.3 Å². The number of H-pyrrole nitrogens is 1. The zero-order valence-electron chi connectivity index (χ0n) is 12.6. The van der Waals surface area contributed by atoms with Crippen molar-refractivity contribution in [3.63, 3.8) is 0 Å². The summed E-state index contributed by atoms with van der Waals surface area (Å²) in [5, 5.41) is 27.9. The van der Waals surface area contributed by atoms with E-state index in [9.17, 15) is 9.90 Å². The van der Waals surface area contributed by atoms with Crippen LogP contribution in [0.25, 0.3) is 16.6 Å². The summed E-state index contributed by atoms with van der Waals surface area (Å²) in [4.78, 5) is 12.4. The van der Waals surface area contributed by atoms with Gasteiger partial charge in [0.2, 0.25) is 0 Å². The summed E-state index contributed by atoms with van der Waals surface area (Å²) in [7, 11) is 0. The molecule has 9 heteroatoms. The first-order chi connectivity index (χ1) is 12.1. The summed E-state index contributed by atoms with van der Waals surface area (Å²) < 4.78 is 1.43. The molecule has 0 aliphatic rings. The maximum atomic E-state index is 12.4. The molecular formula is C16H11ClN6O2. The summed E-state index contributed by atoms with van der Waals surface area (Å²) in [5.74, 6) is -0.0104. The number of phenols is 1. The number of aromatic nitrogens is 5. The smallest absolute Gasteiger partial charge is 0.279 e. The van der Waals surface area contributed by atoms with E-state index in [1.165, 1.54) is 23.0 Å². The average Bonchev–Trinajstić information content (AvgIpc) is 3.23. The molecule has 2 heterocycles. The van der Waals surface area contributed by atoms with Gasteiger partial charge in [0.25, 0.3) is 5.91 Å². The third-order valence-electron chi connectivity index (χ3n) is 3.60. The van der Waals surface area contributed by atoms with E-state index in [1.54, 1.807) is 24.3 Å². The minimum Gasteiger partial charge on any atom is -0.508 e. The zero-order chi connectivity index (χ0) is 17.4. The fourth-order valence-electron chi connectivity index (χ4n) is 2.40. The highest BCUT2D eigenvalue weighted by atomic mass is 35.5. The summed E-state index contributed by atoms with van der Waals surface area (Å²) in [6, 6.07) is 11.8. The fraction of sp³-hybridized carbons (Fsp3) is 0. The van der Waals surface area contributed by atoms with Crippen molar-refractivity contribution in [2.75, 3.05) is 5.32 Å². The van der Waals surface area contributed by atoms with Crippen LogP contribution in [0.3, 0.4) is 0 Å². The number of aromatic amines is 1. The molecule has 4 aromatic rings. The second-order valence-electron chi connectivity index (χ2n) is 5.26. The van der Waals surface area contributed by atoms with Gasteiger partial charge in [-0.2, -0.15) is 5.10 Å². The molecule has 2 aromatic carbocycles. The highest BCUT2D eigenvalue weighted by Gasteiger charge is 2.16. The van der Waals surface area contributed by atoms with Crippen LogP contribution in [0.15, 0.2) is 48.7 Å². The second-order valence-corrected chi connectivity index (χ2v) is 5.66. The van der Waals surface area contributed by atoms with Crippen molar-refractivity contribution < 1.29 is 9.90 Å². The van der Waals surface area contributed by atoms with Gasteiger partial charge >= 0.3 is 0 Å². The van der Waals surface area contributed by atoms with Gasteiger partial charge in [-0.1, -0.05) is 28.9 Å². The number of benzene rings is 2. The average molecular weight is 355 g/mol. The maximum absolute atomic E-state index is 12.4. The van der Waals surface area contributed by atoms with E-state index in [-0.39, 0.29) is 11.4 Å². The Bertz CT molecular complexity index is 1090. The SMILES string of the molecule is O=C(Nc1n[nH]c2cc(O)ccc12)c1cn(-c2ccccc2Cl)nn1. The van der Waals surface area contributed by atoms with Gasteiger partial charge in [-0.15, -0.1) is 5.10 Å². The minimum atomic E-state index is -0.459. The van der Waals surface area contributed by atoms with Crippen LogP contribution in [-0.4, -0.2) is 36.2 Å². The molecule has 0 unspecified atom stereocenters. The molecule has 8 nitrogen and oxygen atoms in total. The molecular weight excluding hydrogens is 344 g/mol. The van der Waals surface area contributed by atoms with Crippen LogP contribution in [0, 0.1) is 0 Å². The third kappa shape index (κ3) is 2.79. The van der Waals surface area contributed by atoms with Crippen molar-refractivity contribution in [1.29, 1.82) is 0 Å². The molecule has 0 bridgehead atoms. The topological polar surface area (TPSA) is 109 Å². The molecule has 0 spiro atoms. The molecule has 0 aliphatic carbocycles. The number of fused-ring (bicyclic) bond motifs is 1. The predicted octanol–water partition coefficient (Wildman–Crippen LogP) is 2.75. The number of amides is 1. The number of nitrogens with zero attached hydrogens (tertiary/aromatic N) is 4. The number of carbonyl (C=O) groups is 1. The van der Waals surface area contributed by atoms with Crippen LogP contribution < -0.4 is 5.32 Å². The molecule has 0 saturated carbocycles. The van der Waals surface area contributed by atoms with E-state index < -0.39 is 5.91 Å². The Morgan fingerprint density at radius 2 is 2.08 bits per heavy atom. The van der Waals surface area contributed by atoms with E-state index in [4.69, 9.17) is 11.6 Å². The van der Waals surface area contributed by atoms with E-state index in [2.05, 4.69) is 25.8 Å². The summed E-state index contributed by atoms with van der Waals surface area (Å²) in [5.41, 5.74) is 1.35. The lowest BCUT2D eigenvalue weighted by Crippen LogP contribution is -2.13. The van der Waals surface area contributed by atoms with Crippen LogP contribution in [0.2, 0.25) is 5.02 Å². The van der Waals surface area contributed by atoms with Crippen molar-refractivity contribution in [3.05, 3.63) is 59.4 Å². The molecule has 0 fully saturated rings. The van der Waals surface area contributed by atoms with Gasteiger partial charge < -0.3 is 10.4 Å². The lowest BCUT2D eigenvalue weighted by molar-refractivity contribution is 0.102. The normalized spacial score (nSPS) is 10.9. The summed E-state index contributed by atoms with van der Waals surface area (Å²) in [6.07, 6.45) is 1.48. The number of rotatable bonds is 3. The lowest BCUT2D eigenvalue weighted by Gasteiger charge is -2.01. The number of halogens is 1. The minimum absolute atomic E-state index is 0.108. The van der Waals surface area contributed by atoms with Gasteiger partial charge in [0, 0.05) is 11.5 Å². The van der Waals surface area contributed by atoms with Crippen molar-refractivity contribution in [3.8, 4) is 11.4 Å². The van der Waals surface area contributed by atoms with Crippen molar-refractivity contribution >= 4 is 34.2 Å². The molecule has 3 N–H and O–H groups in total. The number of hydrogen-bond acceptors (Lipinski definition) is 5. The van der Waals surface area contributed by atoms with Gasteiger partial charge in [-0.25, -0.2) is 4.68 Å².